The molecule has 0 aliphatic carbocycles. The van der Waals surface area contributed by atoms with Crippen LogP contribution in [0.25, 0.3) is 0 Å². The van der Waals surface area contributed by atoms with Crippen LogP contribution >= 0.6 is 0 Å². The van der Waals surface area contributed by atoms with Gasteiger partial charge in [0.1, 0.15) is 0 Å². The zero-order chi connectivity index (χ0) is 19.1. The van der Waals surface area contributed by atoms with E-state index in [-0.39, 0.29) is 36.6 Å². The van der Waals surface area contributed by atoms with Gasteiger partial charge < -0.3 is 15.0 Å². The number of esters is 1. The van der Waals surface area contributed by atoms with Gasteiger partial charge in [-0.2, -0.15) is 4.31 Å². The Kier molecular flexibility index (Phi) is 4.72. The number of ether oxygens (including phenoxy) is 1. The van der Waals surface area contributed by atoms with Gasteiger partial charge in [-0.3, -0.25) is 9.59 Å². The van der Waals surface area contributed by atoms with E-state index in [0.29, 0.717) is 5.56 Å². The number of carbonyl (C=O) groups excluding carboxylic acids is 3. The number of rotatable bonds is 3. The summed E-state index contributed by atoms with van der Waals surface area (Å²) >= 11 is 0. The van der Waals surface area contributed by atoms with Gasteiger partial charge in [-0.25, -0.2) is 13.2 Å². The summed E-state index contributed by atoms with van der Waals surface area (Å²) in [5, 5.41) is 2.47. The van der Waals surface area contributed by atoms with Crippen LogP contribution in [0.4, 0.5) is 0 Å². The molecule has 2 amide bonds. The molecule has 1 atom stereocenters. The number of hydrogen-bond acceptors (Lipinski definition) is 6. The van der Waals surface area contributed by atoms with Crippen molar-refractivity contribution in [1.29, 1.82) is 0 Å². The lowest BCUT2D eigenvalue weighted by Gasteiger charge is -2.42. The first-order valence-electron chi connectivity index (χ1n) is 8.04. The molecule has 0 spiro atoms. The maximum Gasteiger partial charge on any atom is 0.338 e. The Hall–Kier alpha value is -2.46. The number of nitrogens with one attached hydrogen (secondary N) is 1. The predicted octanol–water partition coefficient (Wildman–Crippen LogP) is -0.887. The molecule has 2 saturated heterocycles. The quantitative estimate of drug-likeness (QED) is 0.537. The fourth-order valence-corrected chi connectivity index (χ4v) is 4.98. The normalized spacial score (nSPS) is 21.2. The molecular formula is C16H19N3O6S. The van der Waals surface area contributed by atoms with Crippen LogP contribution in [0.5, 0.6) is 0 Å². The minimum absolute atomic E-state index is 0.0278. The SMILES string of the molecule is COC(=O)c1cccc(S(=O)(=O)N2CCN3C(=O)C(=O)NC[C@H]3C2)c1C. The van der Waals surface area contributed by atoms with Crippen LogP contribution in [0.1, 0.15) is 15.9 Å². The van der Waals surface area contributed by atoms with E-state index in [1.54, 1.807) is 6.92 Å². The third kappa shape index (κ3) is 2.95. The van der Waals surface area contributed by atoms with E-state index in [4.69, 9.17) is 4.74 Å². The summed E-state index contributed by atoms with van der Waals surface area (Å²) in [5.74, 6) is -1.91. The standard InChI is InChI=1S/C16H19N3O6S/c1-10-12(16(22)25-2)4-3-5-13(10)26(23,24)18-6-7-19-11(9-18)8-17-14(20)15(19)21/h3-5,11H,6-9H2,1-2H3,(H,17,20)/t11-/m0/s1. The van der Waals surface area contributed by atoms with Crippen molar-refractivity contribution < 1.29 is 27.5 Å². The molecule has 9 nitrogen and oxygen atoms in total. The molecule has 10 heteroatoms. The van der Waals surface area contributed by atoms with Gasteiger partial charge in [0.2, 0.25) is 10.0 Å². The number of carbonyl (C=O) groups is 3. The van der Waals surface area contributed by atoms with Crippen molar-refractivity contribution in [3.05, 3.63) is 29.3 Å². The van der Waals surface area contributed by atoms with Crippen LogP contribution in [-0.2, 0) is 24.3 Å². The van der Waals surface area contributed by atoms with E-state index in [9.17, 15) is 22.8 Å². The second-order valence-electron chi connectivity index (χ2n) is 6.15. The summed E-state index contributed by atoms with van der Waals surface area (Å²) < 4.78 is 32.1. The largest absolute Gasteiger partial charge is 0.465 e. The van der Waals surface area contributed by atoms with Crippen molar-refractivity contribution in [3.63, 3.8) is 0 Å². The molecule has 2 aliphatic heterocycles. The number of fused-ring (bicyclic) bond motifs is 1. The Morgan fingerprint density at radius 3 is 2.69 bits per heavy atom. The topological polar surface area (TPSA) is 113 Å². The fraction of sp³-hybridized carbons (Fsp3) is 0.438. The minimum Gasteiger partial charge on any atom is -0.465 e. The zero-order valence-corrected chi connectivity index (χ0v) is 15.2. The lowest BCUT2D eigenvalue weighted by molar-refractivity contribution is -0.151. The second-order valence-corrected chi connectivity index (χ2v) is 8.05. The molecule has 2 fully saturated rings. The molecule has 2 heterocycles. The maximum atomic E-state index is 13.1. The number of amides is 2. The highest BCUT2D eigenvalue weighted by molar-refractivity contribution is 7.89. The lowest BCUT2D eigenvalue weighted by atomic mass is 10.1. The summed E-state index contributed by atoms with van der Waals surface area (Å²) in [7, 11) is -2.63. The Balaban J connectivity index is 1.89. The van der Waals surface area contributed by atoms with E-state index in [0.717, 1.165) is 0 Å². The average molecular weight is 381 g/mol. The van der Waals surface area contributed by atoms with Gasteiger partial charge in [-0.1, -0.05) is 6.07 Å². The molecule has 1 aromatic carbocycles. The van der Waals surface area contributed by atoms with Crippen LogP contribution in [0, 0.1) is 6.92 Å². The van der Waals surface area contributed by atoms with Gasteiger partial charge in [-0.15, -0.1) is 0 Å². The van der Waals surface area contributed by atoms with Crippen molar-refractivity contribution in [1.82, 2.24) is 14.5 Å². The highest BCUT2D eigenvalue weighted by Gasteiger charge is 2.41. The minimum atomic E-state index is -3.86. The third-order valence-corrected chi connectivity index (χ3v) is 6.72. The molecule has 0 unspecified atom stereocenters. The summed E-state index contributed by atoms with van der Waals surface area (Å²) in [6.07, 6.45) is 0. The fourth-order valence-electron chi connectivity index (χ4n) is 3.27. The van der Waals surface area contributed by atoms with Crippen molar-refractivity contribution in [2.75, 3.05) is 33.3 Å². The predicted molar refractivity (Wildman–Crippen MR) is 89.8 cm³/mol. The van der Waals surface area contributed by atoms with Crippen molar-refractivity contribution in [2.24, 2.45) is 0 Å². The van der Waals surface area contributed by atoms with E-state index in [1.165, 1.54) is 34.5 Å². The summed E-state index contributed by atoms with van der Waals surface area (Å²) in [4.78, 5) is 36.6. The maximum absolute atomic E-state index is 13.1. The number of hydrogen-bond donors (Lipinski definition) is 1. The van der Waals surface area contributed by atoms with Crippen molar-refractivity contribution in [2.45, 2.75) is 17.9 Å². The van der Waals surface area contributed by atoms with Gasteiger partial charge in [0.25, 0.3) is 0 Å². The van der Waals surface area contributed by atoms with Crippen LogP contribution < -0.4 is 5.32 Å². The molecule has 3 rings (SSSR count). The van der Waals surface area contributed by atoms with Crippen LogP contribution in [0.2, 0.25) is 0 Å². The molecular weight excluding hydrogens is 362 g/mol. The summed E-state index contributed by atoms with van der Waals surface area (Å²) in [6.45, 7) is 2.07. The van der Waals surface area contributed by atoms with Gasteiger partial charge in [0.05, 0.1) is 23.6 Å². The second kappa shape index (κ2) is 6.69. The number of nitrogens with zero attached hydrogens (tertiary/aromatic N) is 2. The Morgan fingerprint density at radius 1 is 1.27 bits per heavy atom. The van der Waals surface area contributed by atoms with E-state index in [2.05, 4.69) is 5.32 Å². The number of piperazine rings is 2. The summed E-state index contributed by atoms with van der Waals surface area (Å²) in [6, 6.07) is 4.03. The lowest BCUT2D eigenvalue weighted by Crippen LogP contribution is -2.65. The molecule has 1 N–H and O–H groups in total. The third-order valence-electron chi connectivity index (χ3n) is 4.71. The van der Waals surface area contributed by atoms with E-state index < -0.39 is 33.8 Å². The number of sulfonamides is 1. The molecule has 1 aromatic rings. The Morgan fingerprint density at radius 2 is 2.00 bits per heavy atom. The zero-order valence-electron chi connectivity index (χ0n) is 14.4. The first-order chi connectivity index (χ1) is 12.3. The Bertz CT molecular complexity index is 882. The van der Waals surface area contributed by atoms with Crippen molar-refractivity contribution >= 4 is 27.8 Å². The highest BCUT2D eigenvalue weighted by atomic mass is 32.2. The first kappa shape index (κ1) is 18.3. The smallest absolute Gasteiger partial charge is 0.338 e. The molecule has 0 bridgehead atoms. The number of benzene rings is 1. The van der Waals surface area contributed by atoms with Gasteiger partial charge in [0.15, 0.2) is 0 Å². The monoisotopic (exact) mass is 381 g/mol. The van der Waals surface area contributed by atoms with Gasteiger partial charge in [-0.05, 0) is 24.6 Å². The average Bonchev–Trinajstić information content (AvgIpc) is 2.64. The van der Waals surface area contributed by atoms with E-state index >= 15 is 0 Å². The highest BCUT2D eigenvalue weighted by Crippen LogP contribution is 2.26. The number of methoxy groups -OCH3 is 1. The van der Waals surface area contributed by atoms with Crippen molar-refractivity contribution in [3.8, 4) is 0 Å². The van der Waals surface area contributed by atoms with Gasteiger partial charge in [0, 0.05) is 26.2 Å². The molecule has 2 aliphatic rings. The molecule has 26 heavy (non-hydrogen) atoms. The Labute approximate surface area is 150 Å². The van der Waals surface area contributed by atoms with Gasteiger partial charge >= 0.3 is 17.8 Å². The molecule has 0 radical (unpaired) electrons. The summed E-state index contributed by atoms with van der Waals surface area (Å²) in [5.41, 5.74) is 0.502. The molecule has 0 saturated carbocycles. The molecule has 0 aromatic heterocycles. The van der Waals surface area contributed by atoms with Crippen LogP contribution in [-0.4, -0.2) is 74.7 Å². The first-order valence-corrected chi connectivity index (χ1v) is 9.48. The van der Waals surface area contributed by atoms with Crippen LogP contribution in [0.3, 0.4) is 0 Å². The molecule has 140 valence electrons. The van der Waals surface area contributed by atoms with E-state index in [1.807, 2.05) is 0 Å². The van der Waals surface area contributed by atoms with Crippen LogP contribution in [0.15, 0.2) is 23.1 Å².